The van der Waals surface area contributed by atoms with E-state index in [9.17, 15) is 3.02 Å². The summed E-state index contributed by atoms with van der Waals surface area (Å²) < 4.78 is 24.0. The van der Waals surface area contributed by atoms with Gasteiger partial charge in [0.1, 0.15) is 0 Å². The Bertz CT molecular complexity index is 106. The normalized spacial score (nSPS) is 34.3. The molecule has 4 nitrogen and oxygen atoms in total. The monoisotopic (exact) mass is 254 g/mol. The van der Waals surface area contributed by atoms with Gasteiger partial charge < -0.3 is 0 Å². The predicted molar refractivity (Wildman–Crippen MR) is 15.4 cm³/mol. The maximum absolute atomic E-state index is 10.2. The third-order valence-electron chi connectivity index (χ3n) is 0.645. The predicted octanol–water partition coefficient (Wildman–Crippen LogP) is -1.09. The Labute approximate surface area is 45.7 Å². The fourth-order valence-corrected chi connectivity index (χ4v) is 11.8. The van der Waals surface area contributed by atoms with E-state index in [2.05, 4.69) is 5.42 Å². The molecule has 6 heteroatoms. The van der Waals surface area contributed by atoms with Crippen molar-refractivity contribution in [3.05, 3.63) is 0 Å². The average molecular weight is 255 g/mol. The van der Waals surface area contributed by atoms with Crippen LogP contribution in [0.3, 0.4) is 0 Å². The van der Waals surface area contributed by atoms with E-state index in [1.165, 1.54) is 0 Å². The summed E-state index contributed by atoms with van der Waals surface area (Å²) in [5.41, 5.74) is 0. The second-order valence-electron chi connectivity index (χ2n) is 1.05. The third-order valence-corrected chi connectivity index (χ3v) is 22.5. The van der Waals surface area contributed by atoms with Crippen LogP contribution < -0.4 is 0 Å². The van der Waals surface area contributed by atoms with Crippen LogP contribution in [-0.2, 0) is 8.44 Å². The summed E-state index contributed by atoms with van der Waals surface area (Å²) in [6.07, 6.45) is 0. The first kappa shape index (κ1) is 4.06. The summed E-state index contributed by atoms with van der Waals surface area (Å²) in [5.74, 6) is 0. The summed E-state index contributed by atoms with van der Waals surface area (Å²) in [4.78, 5) is 0. The standard InChI is InChI=1S/Ga.4O.Sb. The van der Waals surface area contributed by atoms with Gasteiger partial charge in [-0.3, -0.25) is 0 Å². The molecule has 3 heterocycles. The molecule has 2 bridgehead atoms. The first-order valence-electron chi connectivity index (χ1n) is 1.44. The van der Waals surface area contributed by atoms with Gasteiger partial charge in [0.2, 0.25) is 0 Å². The molecule has 32 valence electrons. The Morgan fingerprint density at radius 1 is 1.33 bits per heavy atom. The van der Waals surface area contributed by atoms with Crippen LogP contribution in [0.2, 0.25) is 0 Å². The van der Waals surface area contributed by atoms with Crippen molar-refractivity contribution in [3.8, 4) is 0 Å². The van der Waals surface area contributed by atoms with Gasteiger partial charge in [-0.15, -0.1) is 0 Å². The van der Waals surface area contributed by atoms with Crippen molar-refractivity contribution in [1.29, 1.82) is 0 Å². The SMILES string of the molecule is [O]=[Sb]12[O][Ga]([O]1)[O]2. The number of hydrogen-bond acceptors (Lipinski definition) is 4. The molecule has 0 saturated carbocycles. The van der Waals surface area contributed by atoms with Crippen molar-refractivity contribution in [3.63, 3.8) is 0 Å². The molecule has 0 aliphatic carbocycles. The average Bonchev–Trinajstić information content (AvgIpc) is 1.24. The van der Waals surface area contributed by atoms with Crippen LogP contribution >= 0.6 is 0 Å². The number of hydrogen-bond donors (Lipinski definition) is 0. The van der Waals surface area contributed by atoms with Crippen LogP contribution in [0, 0.1) is 0 Å². The van der Waals surface area contributed by atoms with Crippen molar-refractivity contribution in [1.82, 2.24) is 0 Å². The zero-order chi connectivity index (χ0) is 4.20. The molecule has 6 heavy (non-hydrogen) atoms. The molecule has 0 aromatic rings. The van der Waals surface area contributed by atoms with Gasteiger partial charge in [-0.2, -0.15) is 0 Å². The Morgan fingerprint density at radius 2 is 1.67 bits per heavy atom. The van der Waals surface area contributed by atoms with E-state index in [1.54, 1.807) is 0 Å². The zero-order valence-corrected chi connectivity index (χ0v) is 7.63. The van der Waals surface area contributed by atoms with Crippen LogP contribution in [0.1, 0.15) is 0 Å². The second-order valence-corrected chi connectivity index (χ2v) is 15.5. The van der Waals surface area contributed by atoms with E-state index in [0.29, 0.717) is 0 Å². The van der Waals surface area contributed by atoms with E-state index in [0.717, 1.165) is 0 Å². The summed E-state index contributed by atoms with van der Waals surface area (Å²) in [6.45, 7) is 0. The molecule has 0 spiro atoms. The first-order valence-corrected chi connectivity index (χ1v) is 8.57. The fraction of sp³-hybridized carbons (Fsp3) is 0. The minimum atomic E-state index is -3.49. The Hall–Kier alpha value is 1.13. The maximum atomic E-state index is 10.2. The van der Waals surface area contributed by atoms with Gasteiger partial charge >= 0.3 is 45.8 Å². The van der Waals surface area contributed by atoms with E-state index < -0.39 is 37.4 Å². The molecule has 3 aliphatic heterocycles. The molecule has 0 aromatic heterocycles. The van der Waals surface area contributed by atoms with Gasteiger partial charge in [-0.05, 0) is 0 Å². The van der Waals surface area contributed by atoms with Crippen LogP contribution in [0.4, 0.5) is 0 Å². The Kier molecular flexibility index (Phi) is 0.634. The molecular formula is GaO4Sb. The molecule has 3 saturated heterocycles. The molecule has 3 aliphatic rings. The summed E-state index contributed by atoms with van der Waals surface area (Å²) in [5, 5.41) is 0. The molecule has 3 fully saturated rings. The molecule has 0 atom stereocenters. The quantitative estimate of drug-likeness (QED) is 0.516. The van der Waals surface area contributed by atoms with Gasteiger partial charge in [-0.1, -0.05) is 0 Å². The summed E-state index contributed by atoms with van der Waals surface area (Å²) in [6, 6.07) is 0. The van der Waals surface area contributed by atoms with E-state index in [-0.39, 0.29) is 0 Å². The molecule has 0 unspecified atom stereocenters. The molecule has 3 rings (SSSR count). The minimum absolute atomic E-state index is 1.99. The molecule has 0 N–H and O–H groups in total. The van der Waals surface area contributed by atoms with E-state index in [1.807, 2.05) is 0 Å². The molecule has 0 amide bonds. The summed E-state index contributed by atoms with van der Waals surface area (Å²) in [7, 11) is 0. The zero-order valence-electron chi connectivity index (χ0n) is 2.66. The van der Waals surface area contributed by atoms with Crippen molar-refractivity contribution in [2.75, 3.05) is 0 Å². The van der Waals surface area contributed by atoms with Gasteiger partial charge in [-0.25, -0.2) is 0 Å². The molecule has 0 radical (unpaired) electrons. The number of rotatable bonds is 0. The van der Waals surface area contributed by atoms with Gasteiger partial charge in [0.15, 0.2) is 0 Å². The van der Waals surface area contributed by atoms with E-state index >= 15 is 0 Å². The van der Waals surface area contributed by atoms with Crippen molar-refractivity contribution < 1.29 is 8.44 Å². The van der Waals surface area contributed by atoms with Gasteiger partial charge in [0.25, 0.3) is 0 Å². The van der Waals surface area contributed by atoms with Crippen molar-refractivity contribution in [2.45, 2.75) is 0 Å². The molecule has 0 aromatic carbocycles. The van der Waals surface area contributed by atoms with Gasteiger partial charge in [0.05, 0.1) is 0 Å². The third kappa shape index (κ3) is 0.337. The second kappa shape index (κ2) is 0.937. The van der Waals surface area contributed by atoms with Crippen LogP contribution in [0.15, 0.2) is 0 Å². The van der Waals surface area contributed by atoms with Crippen molar-refractivity contribution in [2.24, 2.45) is 0 Å². The van der Waals surface area contributed by atoms with Crippen molar-refractivity contribution >= 4 is 37.4 Å². The van der Waals surface area contributed by atoms with Crippen LogP contribution in [-0.4, -0.2) is 37.4 Å². The Balaban J connectivity index is 2.39. The fourth-order valence-electron chi connectivity index (χ4n) is 0.340. The van der Waals surface area contributed by atoms with Crippen LogP contribution in [0.5, 0.6) is 0 Å². The van der Waals surface area contributed by atoms with Gasteiger partial charge in [0, 0.05) is 0 Å². The molecular weight excluding hydrogens is 255 g/mol. The summed E-state index contributed by atoms with van der Waals surface area (Å²) >= 11 is -5.48. The van der Waals surface area contributed by atoms with E-state index in [4.69, 9.17) is 0 Å². The first-order chi connectivity index (χ1) is 2.79. The Morgan fingerprint density at radius 3 is 1.67 bits per heavy atom. The van der Waals surface area contributed by atoms with Crippen LogP contribution in [0.25, 0.3) is 0 Å². The topological polar surface area (TPSA) is 44.8 Å².